The lowest BCUT2D eigenvalue weighted by Gasteiger charge is -2.41. The zero-order valence-electron chi connectivity index (χ0n) is 21.0. The molecule has 6 nitrogen and oxygen atoms in total. The van der Waals surface area contributed by atoms with Crippen molar-refractivity contribution < 1.29 is 22.3 Å². The summed E-state index contributed by atoms with van der Waals surface area (Å²) in [7, 11) is 0. The van der Waals surface area contributed by atoms with Crippen molar-refractivity contribution in [2.24, 2.45) is 0 Å². The Morgan fingerprint density at radius 2 is 1.84 bits per heavy atom. The van der Waals surface area contributed by atoms with Crippen LogP contribution in [0.2, 0.25) is 0 Å². The molecule has 1 aromatic carbocycles. The summed E-state index contributed by atoms with van der Waals surface area (Å²) < 4.78 is 61.8. The van der Waals surface area contributed by atoms with Crippen LogP contribution in [-0.4, -0.2) is 57.3 Å². The van der Waals surface area contributed by atoms with Crippen LogP contribution in [0.5, 0.6) is 0 Å². The first-order valence-corrected chi connectivity index (χ1v) is 12.9. The Labute approximate surface area is 213 Å². The number of fused-ring (bicyclic) bond motifs is 3. The predicted octanol–water partition coefficient (Wildman–Crippen LogP) is 5.51. The molecule has 4 heterocycles. The molecule has 2 aromatic rings. The van der Waals surface area contributed by atoms with Crippen molar-refractivity contribution in [3.05, 3.63) is 58.4 Å². The molecule has 2 saturated heterocycles. The smallest absolute Gasteiger partial charge is 0.266 e. The number of ether oxygens (including phenoxy) is 1. The van der Waals surface area contributed by atoms with Gasteiger partial charge < -0.3 is 19.9 Å². The number of nitrogens with zero attached hydrogens (tertiary/aromatic N) is 4. The zero-order chi connectivity index (χ0) is 25.9. The summed E-state index contributed by atoms with van der Waals surface area (Å²) in [6.07, 6.45) is 3.07. The van der Waals surface area contributed by atoms with Crippen molar-refractivity contribution in [2.75, 3.05) is 25.1 Å². The molecule has 6 rings (SSSR count). The van der Waals surface area contributed by atoms with Gasteiger partial charge in [-0.05, 0) is 39.5 Å². The first-order valence-electron chi connectivity index (χ1n) is 12.9. The van der Waals surface area contributed by atoms with Crippen LogP contribution >= 0.6 is 0 Å². The van der Waals surface area contributed by atoms with Crippen molar-refractivity contribution in [1.82, 2.24) is 19.8 Å². The number of aromatic nitrogens is 2. The van der Waals surface area contributed by atoms with Crippen LogP contribution in [0.3, 0.4) is 0 Å². The fourth-order valence-corrected chi connectivity index (χ4v) is 5.85. The molecule has 198 valence electrons. The van der Waals surface area contributed by atoms with Crippen LogP contribution in [0.4, 0.5) is 23.4 Å². The summed E-state index contributed by atoms with van der Waals surface area (Å²) in [5, 5.41) is 3.27. The highest BCUT2D eigenvalue weighted by Crippen LogP contribution is 2.47. The van der Waals surface area contributed by atoms with Gasteiger partial charge in [0.25, 0.3) is 6.43 Å². The second kappa shape index (κ2) is 9.15. The number of halogens is 4. The van der Waals surface area contributed by atoms with Gasteiger partial charge in [0.15, 0.2) is 0 Å². The van der Waals surface area contributed by atoms with Gasteiger partial charge in [0, 0.05) is 37.0 Å². The lowest BCUT2D eigenvalue weighted by molar-refractivity contribution is -0.0196. The monoisotopic (exact) mass is 517 g/mol. The Morgan fingerprint density at radius 1 is 1.14 bits per heavy atom. The van der Waals surface area contributed by atoms with Crippen LogP contribution in [-0.2, 0) is 11.3 Å². The van der Waals surface area contributed by atoms with Crippen LogP contribution in [0, 0.1) is 12.7 Å². The Kier molecular flexibility index (Phi) is 6.05. The van der Waals surface area contributed by atoms with Crippen molar-refractivity contribution in [1.29, 1.82) is 0 Å². The molecular weight excluding hydrogens is 486 g/mol. The van der Waals surface area contributed by atoms with E-state index < -0.39 is 36.1 Å². The summed E-state index contributed by atoms with van der Waals surface area (Å²) in [4.78, 5) is 13.8. The van der Waals surface area contributed by atoms with E-state index in [4.69, 9.17) is 9.72 Å². The Morgan fingerprint density at radius 3 is 2.49 bits per heavy atom. The number of rotatable bonds is 7. The second-order valence-corrected chi connectivity index (χ2v) is 10.7. The van der Waals surface area contributed by atoms with E-state index in [1.165, 1.54) is 12.1 Å². The molecule has 0 unspecified atom stereocenters. The number of morpholine rings is 1. The molecule has 1 N–H and O–H groups in total. The minimum Gasteiger partial charge on any atom is -0.371 e. The predicted molar refractivity (Wildman–Crippen MR) is 131 cm³/mol. The molecule has 0 amide bonds. The van der Waals surface area contributed by atoms with E-state index in [1.807, 2.05) is 6.20 Å². The lowest BCUT2D eigenvalue weighted by Crippen LogP contribution is -2.45. The highest BCUT2D eigenvalue weighted by atomic mass is 19.3. The number of alkyl halides is 3. The van der Waals surface area contributed by atoms with Gasteiger partial charge in [0.05, 0.1) is 40.7 Å². The van der Waals surface area contributed by atoms with Crippen molar-refractivity contribution in [3.8, 4) is 0 Å². The number of hydrogen-bond donors (Lipinski definition) is 1. The van der Waals surface area contributed by atoms with Crippen molar-refractivity contribution in [2.45, 2.75) is 76.3 Å². The van der Waals surface area contributed by atoms with Crippen LogP contribution in [0.25, 0.3) is 5.70 Å². The summed E-state index contributed by atoms with van der Waals surface area (Å²) in [5.74, 6) is 0.133. The summed E-state index contributed by atoms with van der Waals surface area (Å²) >= 11 is 0. The fraction of sp³-hybridized carbons (Fsp3) is 0.556. The van der Waals surface area contributed by atoms with E-state index in [2.05, 4.69) is 20.1 Å². The SMILES string of the molecule is Cc1nc(N[C@H](C)c2cccc(C(F)F)c2F)c2c(n1)C(N1C[C@H]3CC[C@@H](C1)O3)=CN(C1(CF)CC1)C2. The summed E-state index contributed by atoms with van der Waals surface area (Å²) in [6.45, 7) is 4.97. The number of nitrogens with one attached hydrogen (secondary N) is 1. The quantitative estimate of drug-likeness (QED) is 0.489. The third-order valence-corrected chi connectivity index (χ3v) is 8.15. The topological polar surface area (TPSA) is 53.5 Å². The van der Waals surface area contributed by atoms with E-state index in [0.29, 0.717) is 18.2 Å². The van der Waals surface area contributed by atoms with Gasteiger partial charge in [-0.15, -0.1) is 0 Å². The average Bonchev–Trinajstić information content (AvgIpc) is 3.61. The maximum absolute atomic E-state index is 14.9. The first kappa shape index (κ1) is 24.5. The third-order valence-electron chi connectivity index (χ3n) is 8.15. The van der Waals surface area contributed by atoms with Gasteiger partial charge in [-0.3, -0.25) is 0 Å². The van der Waals surface area contributed by atoms with Gasteiger partial charge in [-0.25, -0.2) is 27.5 Å². The molecule has 1 saturated carbocycles. The maximum atomic E-state index is 14.9. The van der Waals surface area contributed by atoms with Gasteiger partial charge in [-0.2, -0.15) is 0 Å². The average molecular weight is 518 g/mol. The van der Waals surface area contributed by atoms with Crippen molar-refractivity contribution >= 4 is 11.5 Å². The van der Waals surface area contributed by atoms with Gasteiger partial charge >= 0.3 is 0 Å². The van der Waals surface area contributed by atoms with Gasteiger partial charge in [0.2, 0.25) is 0 Å². The van der Waals surface area contributed by atoms with E-state index >= 15 is 0 Å². The van der Waals surface area contributed by atoms with E-state index in [9.17, 15) is 17.6 Å². The zero-order valence-corrected chi connectivity index (χ0v) is 21.0. The van der Waals surface area contributed by atoms with Crippen molar-refractivity contribution in [3.63, 3.8) is 0 Å². The molecule has 4 aliphatic rings. The highest BCUT2D eigenvalue weighted by molar-refractivity contribution is 5.70. The Bertz CT molecular complexity index is 1220. The number of hydrogen-bond acceptors (Lipinski definition) is 6. The number of likely N-dealkylation sites (tertiary alicyclic amines) is 1. The van der Waals surface area contributed by atoms with Crippen LogP contribution in [0.15, 0.2) is 24.4 Å². The molecule has 10 heteroatoms. The number of aryl methyl sites for hydroxylation is 1. The van der Waals surface area contributed by atoms with Gasteiger partial charge in [0.1, 0.15) is 24.1 Å². The largest absolute Gasteiger partial charge is 0.371 e. The second-order valence-electron chi connectivity index (χ2n) is 10.7. The minimum atomic E-state index is -2.90. The summed E-state index contributed by atoms with van der Waals surface area (Å²) in [6, 6.07) is 3.41. The Hall–Kier alpha value is -2.88. The molecule has 3 atom stereocenters. The maximum Gasteiger partial charge on any atom is 0.266 e. The van der Waals surface area contributed by atoms with E-state index in [-0.39, 0.29) is 17.8 Å². The molecule has 0 spiro atoms. The van der Waals surface area contributed by atoms with Gasteiger partial charge in [-0.1, -0.05) is 18.2 Å². The molecule has 1 aliphatic carbocycles. The molecule has 3 aliphatic heterocycles. The Balaban J connectivity index is 1.38. The normalized spacial score (nSPS) is 24.7. The highest BCUT2D eigenvalue weighted by Gasteiger charge is 2.49. The molecule has 3 fully saturated rings. The molecule has 2 bridgehead atoms. The van der Waals surface area contributed by atoms with Crippen LogP contribution < -0.4 is 5.32 Å². The van der Waals surface area contributed by atoms with E-state index in [0.717, 1.165) is 61.8 Å². The lowest BCUT2D eigenvalue weighted by atomic mass is 10.0. The number of benzene rings is 1. The molecular formula is C27H31F4N5O. The first-order chi connectivity index (χ1) is 17.8. The van der Waals surface area contributed by atoms with Crippen LogP contribution in [0.1, 0.15) is 73.3 Å². The fourth-order valence-electron chi connectivity index (χ4n) is 5.85. The molecule has 0 radical (unpaired) electrons. The standard InChI is InChI=1S/C27H31F4N5O/c1-15(19-4-3-5-20(23(19)29)25(30)31)32-26-21-12-36(27(14-28)8-9-27)13-22(24(21)33-16(2)34-26)35-10-17-6-7-18(11-35)37-17/h3-5,13,15,17-18,25H,6-12,14H2,1-2H3,(H,32,33,34)/t15-,17-,18+/m1/s1. The molecule has 1 aromatic heterocycles. The molecule has 37 heavy (non-hydrogen) atoms. The third kappa shape index (κ3) is 4.32. The number of anilines is 1. The summed E-state index contributed by atoms with van der Waals surface area (Å²) in [5.41, 5.74) is 1.49. The minimum absolute atomic E-state index is 0.137. The van der Waals surface area contributed by atoms with E-state index in [1.54, 1.807) is 13.8 Å².